The molecule has 2 nitrogen and oxygen atoms in total. The molecule has 4 rings (SSSR count). The number of hydrogen-bond donors (Lipinski definition) is 0. The second kappa shape index (κ2) is 7.85. The Labute approximate surface area is 162 Å². The van der Waals surface area contributed by atoms with Crippen LogP contribution < -0.4 is 5.43 Å². The number of hydrogen-bond acceptors (Lipinski definition) is 3. The molecule has 0 unspecified atom stereocenters. The van der Waals surface area contributed by atoms with Gasteiger partial charge in [-0.25, -0.2) is 0 Å². The van der Waals surface area contributed by atoms with E-state index in [0.29, 0.717) is 21.6 Å². The molecular weight excluding hydrogens is 352 g/mol. The van der Waals surface area contributed by atoms with Crippen LogP contribution in [0.15, 0.2) is 97.9 Å². The maximum atomic E-state index is 13.2. The van der Waals surface area contributed by atoms with Crippen LogP contribution in [0.4, 0.5) is 0 Å². The predicted octanol–water partition coefficient (Wildman–Crippen LogP) is 6.56. The second-order valence-corrected chi connectivity index (χ2v) is 7.53. The highest BCUT2D eigenvalue weighted by Crippen LogP contribution is 2.35. The fourth-order valence-electron chi connectivity index (χ4n) is 3.13. The minimum Gasteiger partial charge on any atom is -0.455 e. The Bertz CT molecular complexity index is 1110. The van der Waals surface area contributed by atoms with Gasteiger partial charge in [0.05, 0.1) is 5.39 Å². The third-order valence-corrected chi connectivity index (χ3v) is 5.56. The number of fused-ring (bicyclic) bond motifs is 1. The molecule has 0 aliphatic rings. The van der Waals surface area contributed by atoms with E-state index in [9.17, 15) is 4.79 Å². The molecule has 0 N–H and O–H groups in total. The fraction of sp³-hybridized carbons (Fsp3) is 0.125. The average molecular weight is 372 g/mol. The zero-order chi connectivity index (χ0) is 18.6. The zero-order valence-electron chi connectivity index (χ0n) is 15.1. The number of benzene rings is 3. The van der Waals surface area contributed by atoms with Gasteiger partial charge in [0.15, 0.2) is 5.76 Å². The summed E-state index contributed by atoms with van der Waals surface area (Å²) in [6.45, 7) is 2.17. The number of aryl methyl sites for hydroxylation is 1. The highest BCUT2D eigenvalue weighted by molar-refractivity contribution is 7.99. The molecule has 0 radical (unpaired) electrons. The Hall–Kier alpha value is -2.78. The van der Waals surface area contributed by atoms with Crippen molar-refractivity contribution in [1.29, 1.82) is 0 Å². The predicted molar refractivity (Wildman–Crippen MR) is 112 cm³/mol. The van der Waals surface area contributed by atoms with Crippen LogP contribution >= 0.6 is 11.8 Å². The van der Waals surface area contributed by atoms with Crippen LogP contribution in [0.5, 0.6) is 0 Å². The molecule has 0 amide bonds. The molecule has 4 aromatic rings. The van der Waals surface area contributed by atoms with Gasteiger partial charge in [-0.2, -0.15) is 0 Å². The van der Waals surface area contributed by atoms with Gasteiger partial charge in [-0.1, -0.05) is 79.7 Å². The lowest BCUT2D eigenvalue weighted by molar-refractivity contribution is 0.605. The van der Waals surface area contributed by atoms with Crippen LogP contribution in [0.25, 0.3) is 22.3 Å². The third-order valence-electron chi connectivity index (χ3n) is 4.47. The van der Waals surface area contributed by atoms with Gasteiger partial charge in [0, 0.05) is 10.5 Å². The fourth-order valence-corrected chi connectivity index (χ4v) is 4.11. The van der Waals surface area contributed by atoms with Crippen LogP contribution in [-0.2, 0) is 6.42 Å². The number of para-hydroxylation sites is 1. The van der Waals surface area contributed by atoms with E-state index in [1.54, 1.807) is 0 Å². The lowest BCUT2D eigenvalue weighted by Gasteiger charge is -2.10. The molecule has 0 aliphatic carbocycles. The first-order chi connectivity index (χ1) is 13.3. The molecule has 0 atom stereocenters. The molecule has 1 aromatic heterocycles. The van der Waals surface area contributed by atoms with Crippen LogP contribution in [0.3, 0.4) is 0 Å². The molecule has 134 valence electrons. The normalized spacial score (nSPS) is 11.0. The van der Waals surface area contributed by atoms with Gasteiger partial charge >= 0.3 is 0 Å². The minimum absolute atomic E-state index is 0.0123. The third kappa shape index (κ3) is 3.69. The molecule has 27 heavy (non-hydrogen) atoms. The van der Waals surface area contributed by atoms with Crippen LogP contribution in [0.2, 0.25) is 0 Å². The van der Waals surface area contributed by atoms with Crippen molar-refractivity contribution in [1.82, 2.24) is 0 Å². The van der Waals surface area contributed by atoms with E-state index < -0.39 is 0 Å². The Balaban J connectivity index is 1.89. The van der Waals surface area contributed by atoms with Gasteiger partial charge in [0.2, 0.25) is 5.43 Å². The van der Waals surface area contributed by atoms with E-state index in [2.05, 4.69) is 19.1 Å². The summed E-state index contributed by atoms with van der Waals surface area (Å²) in [6, 6.07) is 25.7. The Morgan fingerprint density at radius 3 is 2.30 bits per heavy atom. The van der Waals surface area contributed by atoms with Crippen molar-refractivity contribution >= 4 is 22.7 Å². The maximum absolute atomic E-state index is 13.2. The van der Waals surface area contributed by atoms with E-state index in [4.69, 9.17) is 4.42 Å². The number of rotatable bonds is 5. The first kappa shape index (κ1) is 17.6. The molecule has 3 heteroatoms. The molecule has 0 fully saturated rings. The standard InChI is InChI=1S/C24H20O2S/c1-2-8-17-13-15-18(16-14-17)23-24(27-19-9-4-3-5-10-19)22(25)20-11-6-7-12-21(20)26-23/h3-7,9-16H,2,8H2,1H3. The van der Waals surface area contributed by atoms with Gasteiger partial charge in [-0.05, 0) is 36.2 Å². The summed E-state index contributed by atoms with van der Waals surface area (Å²) in [6.07, 6.45) is 2.16. The summed E-state index contributed by atoms with van der Waals surface area (Å²) in [5, 5.41) is 0.613. The largest absolute Gasteiger partial charge is 0.455 e. The smallest absolute Gasteiger partial charge is 0.207 e. The van der Waals surface area contributed by atoms with E-state index in [1.807, 2.05) is 66.7 Å². The molecule has 1 heterocycles. The van der Waals surface area contributed by atoms with Crippen molar-refractivity contribution in [3.63, 3.8) is 0 Å². The minimum atomic E-state index is 0.0123. The second-order valence-electron chi connectivity index (χ2n) is 6.45. The SMILES string of the molecule is CCCc1ccc(-c2oc3ccccc3c(=O)c2Sc2ccccc2)cc1. The highest BCUT2D eigenvalue weighted by atomic mass is 32.2. The monoisotopic (exact) mass is 372 g/mol. The molecular formula is C24H20O2S. The summed E-state index contributed by atoms with van der Waals surface area (Å²) >= 11 is 1.46. The van der Waals surface area contributed by atoms with Crippen molar-refractivity contribution in [3.8, 4) is 11.3 Å². The van der Waals surface area contributed by atoms with Crippen LogP contribution in [0.1, 0.15) is 18.9 Å². The van der Waals surface area contributed by atoms with Crippen molar-refractivity contribution in [2.75, 3.05) is 0 Å². The van der Waals surface area contributed by atoms with E-state index >= 15 is 0 Å². The van der Waals surface area contributed by atoms with Gasteiger partial charge in [0.1, 0.15) is 10.5 Å². The molecule has 0 bridgehead atoms. The molecule has 3 aromatic carbocycles. The zero-order valence-corrected chi connectivity index (χ0v) is 16.0. The van der Waals surface area contributed by atoms with Crippen molar-refractivity contribution in [2.45, 2.75) is 29.6 Å². The summed E-state index contributed by atoms with van der Waals surface area (Å²) in [5.74, 6) is 0.635. The van der Waals surface area contributed by atoms with E-state index in [0.717, 1.165) is 23.3 Å². The molecule has 0 saturated heterocycles. The summed E-state index contributed by atoms with van der Waals surface area (Å²) < 4.78 is 6.21. The van der Waals surface area contributed by atoms with Gasteiger partial charge < -0.3 is 4.42 Å². The summed E-state index contributed by atoms with van der Waals surface area (Å²) in [5.41, 5.74) is 2.85. The first-order valence-electron chi connectivity index (χ1n) is 9.14. The van der Waals surface area contributed by atoms with Crippen molar-refractivity contribution < 1.29 is 4.42 Å². The van der Waals surface area contributed by atoms with E-state index in [1.165, 1.54) is 17.3 Å². The summed E-state index contributed by atoms with van der Waals surface area (Å²) in [4.78, 5) is 14.9. The lowest BCUT2D eigenvalue weighted by Crippen LogP contribution is -2.06. The lowest BCUT2D eigenvalue weighted by atomic mass is 10.1. The Morgan fingerprint density at radius 1 is 0.852 bits per heavy atom. The first-order valence-corrected chi connectivity index (χ1v) is 9.96. The highest BCUT2D eigenvalue weighted by Gasteiger charge is 2.17. The van der Waals surface area contributed by atoms with Gasteiger partial charge in [-0.3, -0.25) is 4.79 Å². The topological polar surface area (TPSA) is 30.2 Å². The molecule has 0 spiro atoms. The summed E-state index contributed by atoms with van der Waals surface area (Å²) in [7, 11) is 0. The van der Waals surface area contributed by atoms with E-state index in [-0.39, 0.29) is 5.43 Å². The molecule has 0 aliphatic heterocycles. The molecule has 0 saturated carbocycles. The Morgan fingerprint density at radius 2 is 1.56 bits per heavy atom. The average Bonchev–Trinajstić information content (AvgIpc) is 2.72. The van der Waals surface area contributed by atoms with Crippen LogP contribution in [-0.4, -0.2) is 0 Å². The van der Waals surface area contributed by atoms with Crippen molar-refractivity contribution in [2.24, 2.45) is 0 Å². The van der Waals surface area contributed by atoms with Gasteiger partial charge in [-0.15, -0.1) is 0 Å². The van der Waals surface area contributed by atoms with Crippen molar-refractivity contribution in [3.05, 3.63) is 94.6 Å². The Kier molecular flexibility index (Phi) is 5.12. The quantitative estimate of drug-likeness (QED) is 0.397. The van der Waals surface area contributed by atoms with Gasteiger partial charge in [0.25, 0.3) is 0 Å². The van der Waals surface area contributed by atoms with Crippen LogP contribution in [0, 0.1) is 0 Å². The maximum Gasteiger partial charge on any atom is 0.207 e.